The van der Waals surface area contributed by atoms with Gasteiger partial charge in [0.2, 0.25) is 0 Å². The standard InChI is InChI=1S/C16H15N3O3/c1-10-15(20)19-13-7-4-6-12(14(13)22-10)16(21)18-9-11-5-2-3-8-17-11/h2-8,10H,9H2,1H3,(H,18,21)(H,19,20). The van der Waals surface area contributed by atoms with Gasteiger partial charge < -0.3 is 15.4 Å². The monoisotopic (exact) mass is 297 g/mol. The minimum atomic E-state index is -0.628. The summed E-state index contributed by atoms with van der Waals surface area (Å²) < 4.78 is 5.56. The summed E-state index contributed by atoms with van der Waals surface area (Å²) >= 11 is 0. The Kier molecular flexibility index (Phi) is 3.74. The van der Waals surface area contributed by atoms with E-state index in [0.29, 0.717) is 23.5 Å². The maximum atomic E-state index is 12.3. The minimum absolute atomic E-state index is 0.224. The smallest absolute Gasteiger partial charge is 0.265 e. The lowest BCUT2D eigenvalue weighted by Crippen LogP contribution is -2.35. The molecule has 0 radical (unpaired) electrons. The van der Waals surface area contributed by atoms with Crippen LogP contribution < -0.4 is 15.4 Å². The summed E-state index contributed by atoms with van der Waals surface area (Å²) in [6.07, 6.45) is 1.05. The molecule has 22 heavy (non-hydrogen) atoms. The van der Waals surface area contributed by atoms with Gasteiger partial charge >= 0.3 is 0 Å². The molecular weight excluding hydrogens is 282 g/mol. The molecular formula is C16H15N3O3. The third kappa shape index (κ3) is 2.76. The number of amides is 2. The Morgan fingerprint density at radius 2 is 2.18 bits per heavy atom. The average molecular weight is 297 g/mol. The molecule has 1 aliphatic heterocycles. The van der Waals surface area contributed by atoms with E-state index in [0.717, 1.165) is 5.69 Å². The molecule has 2 amide bonds. The average Bonchev–Trinajstić information content (AvgIpc) is 2.54. The van der Waals surface area contributed by atoms with Crippen molar-refractivity contribution in [2.75, 3.05) is 5.32 Å². The van der Waals surface area contributed by atoms with Crippen molar-refractivity contribution in [3.05, 3.63) is 53.9 Å². The second kappa shape index (κ2) is 5.85. The van der Waals surface area contributed by atoms with E-state index in [-0.39, 0.29) is 11.8 Å². The van der Waals surface area contributed by atoms with Gasteiger partial charge in [-0.2, -0.15) is 0 Å². The van der Waals surface area contributed by atoms with Gasteiger partial charge in [-0.1, -0.05) is 12.1 Å². The Bertz CT molecular complexity index is 716. The molecule has 1 unspecified atom stereocenters. The van der Waals surface area contributed by atoms with Crippen LogP contribution >= 0.6 is 0 Å². The lowest BCUT2D eigenvalue weighted by Gasteiger charge is -2.25. The second-order valence-electron chi connectivity index (χ2n) is 4.94. The van der Waals surface area contributed by atoms with Crippen molar-refractivity contribution >= 4 is 17.5 Å². The first-order valence-electron chi connectivity index (χ1n) is 6.94. The van der Waals surface area contributed by atoms with Gasteiger partial charge in [0.1, 0.15) is 0 Å². The molecule has 0 aliphatic carbocycles. The Morgan fingerprint density at radius 3 is 2.95 bits per heavy atom. The Morgan fingerprint density at radius 1 is 1.32 bits per heavy atom. The van der Waals surface area contributed by atoms with Gasteiger partial charge in [-0.05, 0) is 31.2 Å². The zero-order chi connectivity index (χ0) is 15.5. The van der Waals surface area contributed by atoms with Crippen LogP contribution in [0.1, 0.15) is 23.0 Å². The first-order valence-corrected chi connectivity index (χ1v) is 6.94. The fourth-order valence-electron chi connectivity index (χ4n) is 2.17. The second-order valence-corrected chi connectivity index (χ2v) is 4.94. The van der Waals surface area contributed by atoms with Gasteiger partial charge in [-0.15, -0.1) is 0 Å². The van der Waals surface area contributed by atoms with Crippen molar-refractivity contribution in [1.29, 1.82) is 0 Å². The molecule has 6 nitrogen and oxygen atoms in total. The number of benzene rings is 1. The maximum absolute atomic E-state index is 12.3. The van der Waals surface area contributed by atoms with E-state index < -0.39 is 6.10 Å². The van der Waals surface area contributed by atoms with Crippen LogP contribution in [0.4, 0.5) is 5.69 Å². The number of pyridine rings is 1. The van der Waals surface area contributed by atoms with Crippen LogP contribution in [0.15, 0.2) is 42.6 Å². The zero-order valence-corrected chi connectivity index (χ0v) is 12.0. The van der Waals surface area contributed by atoms with Crippen LogP contribution in [0.2, 0.25) is 0 Å². The molecule has 0 bridgehead atoms. The predicted octanol–water partition coefficient (Wildman–Crippen LogP) is 1.73. The summed E-state index contributed by atoms with van der Waals surface area (Å²) in [7, 11) is 0. The molecule has 1 aliphatic rings. The van der Waals surface area contributed by atoms with Gasteiger partial charge in [0.25, 0.3) is 11.8 Å². The number of fused-ring (bicyclic) bond motifs is 1. The number of nitrogens with one attached hydrogen (secondary N) is 2. The molecule has 2 heterocycles. The van der Waals surface area contributed by atoms with E-state index in [1.165, 1.54) is 0 Å². The van der Waals surface area contributed by atoms with Crippen molar-refractivity contribution in [2.24, 2.45) is 0 Å². The van der Waals surface area contributed by atoms with Gasteiger partial charge in [0.15, 0.2) is 11.9 Å². The number of carbonyl (C=O) groups is 2. The lowest BCUT2D eigenvalue weighted by atomic mass is 10.1. The normalized spacial score (nSPS) is 16.2. The fourth-order valence-corrected chi connectivity index (χ4v) is 2.17. The van der Waals surface area contributed by atoms with E-state index in [9.17, 15) is 9.59 Å². The fraction of sp³-hybridized carbons (Fsp3) is 0.188. The van der Waals surface area contributed by atoms with Crippen LogP contribution in [0.25, 0.3) is 0 Å². The number of hydrogen-bond donors (Lipinski definition) is 2. The molecule has 2 N–H and O–H groups in total. The van der Waals surface area contributed by atoms with Crippen molar-refractivity contribution < 1.29 is 14.3 Å². The molecule has 0 fully saturated rings. The third-order valence-corrected chi connectivity index (χ3v) is 3.34. The molecule has 0 saturated heterocycles. The van der Waals surface area contributed by atoms with Crippen LogP contribution in [0, 0.1) is 0 Å². The van der Waals surface area contributed by atoms with E-state index in [4.69, 9.17) is 4.74 Å². The molecule has 0 saturated carbocycles. The minimum Gasteiger partial charge on any atom is -0.478 e. The molecule has 3 rings (SSSR count). The highest BCUT2D eigenvalue weighted by Gasteiger charge is 2.27. The van der Waals surface area contributed by atoms with E-state index >= 15 is 0 Å². The largest absolute Gasteiger partial charge is 0.478 e. The summed E-state index contributed by atoms with van der Waals surface area (Å²) in [6, 6.07) is 10.6. The molecule has 1 aromatic heterocycles. The van der Waals surface area contributed by atoms with Crippen LogP contribution in [0.3, 0.4) is 0 Å². The van der Waals surface area contributed by atoms with Crippen molar-refractivity contribution in [1.82, 2.24) is 10.3 Å². The molecule has 112 valence electrons. The van der Waals surface area contributed by atoms with Gasteiger partial charge in [-0.25, -0.2) is 0 Å². The summed E-state index contributed by atoms with van der Waals surface area (Å²) in [4.78, 5) is 28.1. The summed E-state index contributed by atoms with van der Waals surface area (Å²) in [5, 5.41) is 5.52. The predicted molar refractivity (Wildman–Crippen MR) is 80.6 cm³/mol. The lowest BCUT2D eigenvalue weighted by molar-refractivity contribution is -0.122. The van der Waals surface area contributed by atoms with Crippen LogP contribution in [-0.4, -0.2) is 22.9 Å². The van der Waals surface area contributed by atoms with Crippen LogP contribution in [-0.2, 0) is 11.3 Å². The number of hydrogen-bond acceptors (Lipinski definition) is 4. The van der Waals surface area contributed by atoms with Crippen molar-refractivity contribution in [3.8, 4) is 5.75 Å². The topological polar surface area (TPSA) is 80.3 Å². The first-order chi connectivity index (χ1) is 10.6. The number of ether oxygens (including phenoxy) is 1. The van der Waals surface area contributed by atoms with E-state index in [2.05, 4.69) is 15.6 Å². The molecule has 0 spiro atoms. The number of anilines is 1. The summed E-state index contributed by atoms with van der Waals surface area (Å²) in [5.74, 6) is -0.0995. The van der Waals surface area contributed by atoms with Crippen LogP contribution in [0.5, 0.6) is 5.75 Å². The Hall–Kier alpha value is -2.89. The van der Waals surface area contributed by atoms with Crippen molar-refractivity contribution in [2.45, 2.75) is 19.6 Å². The highest BCUT2D eigenvalue weighted by atomic mass is 16.5. The van der Waals surface area contributed by atoms with E-state index in [1.807, 2.05) is 18.2 Å². The van der Waals surface area contributed by atoms with E-state index in [1.54, 1.807) is 31.3 Å². The van der Waals surface area contributed by atoms with Gasteiger partial charge in [0, 0.05) is 6.20 Å². The molecule has 1 atom stereocenters. The number of rotatable bonds is 3. The number of para-hydroxylation sites is 1. The highest BCUT2D eigenvalue weighted by Crippen LogP contribution is 2.33. The third-order valence-electron chi connectivity index (χ3n) is 3.34. The number of nitrogens with zero attached hydrogens (tertiary/aromatic N) is 1. The number of aromatic nitrogens is 1. The highest BCUT2D eigenvalue weighted by molar-refractivity contribution is 6.03. The SMILES string of the molecule is CC1Oc2c(cccc2C(=O)NCc2ccccn2)NC1=O. The van der Waals surface area contributed by atoms with Gasteiger partial charge in [-0.3, -0.25) is 14.6 Å². The Balaban J connectivity index is 1.79. The summed E-state index contributed by atoms with van der Waals surface area (Å²) in [6.45, 7) is 1.96. The summed E-state index contributed by atoms with van der Waals surface area (Å²) in [5.41, 5.74) is 1.66. The molecule has 6 heteroatoms. The first kappa shape index (κ1) is 14.1. The molecule has 1 aromatic carbocycles. The number of carbonyl (C=O) groups excluding carboxylic acids is 2. The Labute approximate surface area is 127 Å². The maximum Gasteiger partial charge on any atom is 0.265 e. The zero-order valence-electron chi connectivity index (χ0n) is 12.0. The quantitative estimate of drug-likeness (QED) is 0.904. The van der Waals surface area contributed by atoms with Gasteiger partial charge in [0.05, 0.1) is 23.5 Å². The van der Waals surface area contributed by atoms with Crippen molar-refractivity contribution in [3.63, 3.8) is 0 Å². The molecule has 2 aromatic rings.